The zero-order valence-corrected chi connectivity index (χ0v) is 12.2. The quantitative estimate of drug-likeness (QED) is 0.780. The number of halogens is 1. The van der Waals surface area contributed by atoms with Gasteiger partial charge < -0.3 is 5.32 Å². The van der Waals surface area contributed by atoms with Crippen LogP contribution in [0.5, 0.6) is 0 Å². The molecule has 0 unspecified atom stereocenters. The van der Waals surface area contributed by atoms with Crippen LogP contribution in [0.1, 0.15) is 5.69 Å². The van der Waals surface area contributed by atoms with Gasteiger partial charge in [0, 0.05) is 16.1 Å². The second-order valence-electron chi connectivity index (χ2n) is 4.78. The van der Waals surface area contributed by atoms with E-state index in [4.69, 9.17) is 11.6 Å². The fourth-order valence-electron chi connectivity index (χ4n) is 2.20. The molecule has 1 aromatic heterocycles. The number of rotatable bonds is 3. The Labute approximate surface area is 130 Å². The molecule has 3 rings (SSSR count). The summed E-state index contributed by atoms with van der Waals surface area (Å²) in [4.78, 5) is 23.8. The highest BCUT2D eigenvalue weighted by atomic mass is 35.5. The molecule has 6 heteroatoms. The third kappa shape index (κ3) is 2.99. The molecule has 0 saturated heterocycles. The Morgan fingerprint density at radius 3 is 2.50 bits per heavy atom. The maximum atomic E-state index is 12.1. The van der Waals surface area contributed by atoms with E-state index in [0.29, 0.717) is 27.2 Å². The second kappa shape index (κ2) is 5.99. The molecule has 22 heavy (non-hydrogen) atoms. The standard InChI is InChI=1S/C16H12ClN3O2/c17-10-5-7-11(8-6-10)18-15(21)9-14-12-3-1-2-4-13(12)16(22)20-19-14/h1-8H,9H2,(H,18,21)(H,20,22). The van der Waals surface area contributed by atoms with Crippen molar-refractivity contribution < 1.29 is 4.79 Å². The first-order valence-corrected chi connectivity index (χ1v) is 7.03. The first kappa shape index (κ1) is 14.3. The van der Waals surface area contributed by atoms with Gasteiger partial charge in [0.05, 0.1) is 17.5 Å². The number of hydrogen-bond acceptors (Lipinski definition) is 3. The molecule has 0 fully saturated rings. The zero-order valence-electron chi connectivity index (χ0n) is 11.5. The van der Waals surface area contributed by atoms with Crippen molar-refractivity contribution in [1.29, 1.82) is 0 Å². The molecule has 0 bridgehead atoms. The lowest BCUT2D eigenvalue weighted by Gasteiger charge is -2.06. The molecule has 0 radical (unpaired) electrons. The van der Waals surface area contributed by atoms with Gasteiger partial charge in [-0.1, -0.05) is 29.8 Å². The molecule has 0 spiro atoms. The van der Waals surface area contributed by atoms with Crippen LogP contribution in [-0.2, 0) is 11.2 Å². The Bertz CT molecular complexity index is 888. The zero-order chi connectivity index (χ0) is 15.5. The number of carbonyl (C=O) groups is 1. The minimum Gasteiger partial charge on any atom is -0.326 e. The molecule has 2 aromatic carbocycles. The summed E-state index contributed by atoms with van der Waals surface area (Å²) < 4.78 is 0. The van der Waals surface area contributed by atoms with E-state index in [0.717, 1.165) is 0 Å². The normalized spacial score (nSPS) is 10.6. The lowest BCUT2D eigenvalue weighted by Crippen LogP contribution is -2.18. The Balaban J connectivity index is 1.84. The Morgan fingerprint density at radius 1 is 1.09 bits per heavy atom. The average molecular weight is 314 g/mol. The summed E-state index contributed by atoms with van der Waals surface area (Å²) in [6.45, 7) is 0. The molecule has 0 atom stereocenters. The Morgan fingerprint density at radius 2 is 1.77 bits per heavy atom. The number of aromatic nitrogens is 2. The number of hydrogen-bond donors (Lipinski definition) is 2. The lowest BCUT2D eigenvalue weighted by molar-refractivity contribution is -0.115. The Hall–Kier alpha value is -2.66. The van der Waals surface area contributed by atoms with Crippen LogP contribution < -0.4 is 10.9 Å². The van der Waals surface area contributed by atoms with Crippen LogP contribution in [0.15, 0.2) is 53.3 Å². The van der Waals surface area contributed by atoms with Gasteiger partial charge >= 0.3 is 0 Å². The number of aromatic amines is 1. The lowest BCUT2D eigenvalue weighted by atomic mass is 10.1. The summed E-state index contributed by atoms with van der Waals surface area (Å²) in [5, 5.41) is 11.0. The van der Waals surface area contributed by atoms with Gasteiger partial charge in [-0.15, -0.1) is 0 Å². The number of anilines is 1. The number of fused-ring (bicyclic) bond motifs is 1. The first-order valence-electron chi connectivity index (χ1n) is 6.65. The number of carbonyl (C=O) groups excluding carboxylic acids is 1. The van der Waals surface area contributed by atoms with Crippen LogP contribution in [0.2, 0.25) is 5.02 Å². The smallest absolute Gasteiger partial charge is 0.272 e. The summed E-state index contributed by atoms with van der Waals surface area (Å²) in [7, 11) is 0. The van der Waals surface area contributed by atoms with E-state index < -0.39 is 0 Å². The summed E-state index contributed by atoms with van der Waals surface area (Å²) in [5.74, 6) is -0.216. The van der Waals surface area contributed by atoms with Crippen LogP contribution in [0, 0.1) is 0 Å². The van der Waals surface area contributed by atoms with E-state index in [2.05, 4.69) is 15.5 Å². The number of H-pyrrole nitrogens is 1. The minimum absolute atomic E-state index is 0.0694. The summed E-state index contributed by atoms with van der Waals surface area (Å²) in [6.07, 6.45) is 0.0694. The van der Waals surface area contributed by atoms with Gasteiger partial charge in [-0.25, -0.2) is 5.10 Å². The van der Waals surface area contributed by atoms with Crippen molar-refractivity contribution in [2.45, 2.75) is 6.42 Å². The fraction of sp³-hybridized carbons (Fsp3) is 0.0625. The molecule has 0 saturated carbocycles. The molecule has 110 valence electrons. The molecule has 0 aliphatic carbocycles. The van der Waals surface area contributed by atoms with Gasteiger partial charge in [-0.05, 0) is 30.3 Å². The van der Waals surface area contributed by atoms with Crippen molar-refractivity contribution in [3.63, 3.8) is 0 Å². The number of nitrogens with one attached hydrogen (secondary N) is 2. The number of amides is 1. The van der Waals surface area contributed by atoms with Crippen molar-refractivity contribution in [3.05, 3.63) is 69.6 Å². The maximum Gasteiger partial charge on any atom is 0.272 e. The minimum atomic E-state index is -0.266. The largest absolute Gasteiger partial charge is 0.326 e. The van der Waals surface area contributed by atoms with E-state index >= 15 is 0 Å². The van der Waals surface area contributed by atoms with E-state index in [1.165, 1.54) is 0 Å². The third-order valence-corrected chi connectivity index (χ3v) is 3.48. The fourth-order valence-corrected chi connectivity index (χ4v) is 2.32. The van der Waals surface area contributed by atoms with Gasteiger partial charge in [0.1, 0.15) is 0 Å². The van der Waals surface area contributed by atoms with E-state index in [1.807, 2.05) is 6.07 Å². The van der Waals surface area contributed by atoms with Crippen LogP contribution in [0.4, 0.5) is 5.69 Å². The number of nitrogens with zero attached hydrogens (tertiary/aromatic N) is 1. The molecule has 1 heterocycles. The highest BCUT2D eigenvalue weighted by molar-refractivity contribution is 6.30. The molecular formula is C16H12ClN3O2. The van der Waals surface area contributed by atoms with E-state index in [-0.39, 0.29) is 17.9 Å². The third-order valence-electron chi connectivity index (χ3n) is 3.23. The summed E-state index contributed by atoms with van der Waals surface area (Å²) in [5.41, 5.74) is 0.919. The van der Waals surface area contributed by atoms with Gasteiger partial charge in [-0.3, -0.25) is 9.59 Å². The first-order chi connectivity index (χ1) is 10.6. The van der Waals surface area contributed by atoms with Crippen molar-refractivity contribution in [2.24, 2.45) is 0 Å². The van der Waals surface area contributed by atoms with E-state index in [9.17, 15) is 9.59 Å². The molecule has 5 nitrogen and oxygen atoms in total. The summed E-state index contributed by atoms with van der Waals surface area (Å²) in [6, 6.07) is 13.9. The Kier molecular flexibility index (Phi) is 3.89. The van der Waals surface area contributed by atoms with Crippen molar-refractivity contribution in [3.8, 4) is 0 Å². The maximum absolute atomic E-state index is 12.1. The topological polar surface area (TPSA) is 74.8 Å². The van der Waals surface area contributed by atoms with Gasteiger partial charge in [-0.2, -0.15) is 5.10 Å². The van der Waals surface area contributed by atoms with Crippen molar-refractivity contribution in [1.82, 2.24) is 10.2 Å². The molecule has 0 aliphatic rings. The number of benzene rings is 2. The molecule has 2 N–H and O–H groups in total. The SMILES string of the molecule is O=C(Cc1n[nH]c(=O)c2ccccc12)Nc1ccc(Cl)cc1. The van der Waals surface area contributed by atoms with Crippen LogP contribution >= 0.6 is 11.6 Å². The van der Waals surface area contributed by atoms with Crippen molar-refractivity contribution >= 4 is 34.0 Å². The highest BCUT2D eigenvalue weighted by Crippen LogP contribution is 2.15. The van der Waals surface area contributed by atoms with Gasteiger partial charge in [0.25, 0.3) is 5.56 Å². The monoisotopic (exact) mass is 313 g/mol. The molecule has 3 aromatic rings. The van der Waals surface area contributed by atoms with Gasteiger partial charge in [0.15, 0.2) is 0 Å². The van der Waals surface area contributed by atoms with E-state index in [1.54, 1.807) is 42.5 Å². The van der Waals surface area contributed by atoms with Crippen LogP contribution in [-0.4, -0.2) is 16.1 Å². The van der Waals surface area contributed by atoms with Crippen LogP contribution in [0.3, 0.4) is 0 Å². The molecule has 0 aliphatic heterocycles. The summed E-state index contributed by atoms with van der Waals surface area (Å²) >= 11 is 5.80. The molecular weight excluding hydrogens is 302 g/mol. The average Bonchev–Trinajstić information content (AvgIpc) is 2.53. The predicted octanol–water partition coefficient (Wildman–Crippen LogP) is 2.76. The highest BCUT2D eigenvalue weighted by Gasteiger charge is 2.10. The van der Waals surface area contributed by atoms with Crippen molar-refractivity contribution in [2.75, 3.05) is 5.32 Å². The van der Waals surface area contributed by atoms with Crippen LogP contribution in [0.25, 0.3) is 10.8 Å². The molecule has 1 amide bonds. The predicted molar refractivity (Wildman–Crippen MR) is 86.1 cm³/mol. The second-order valence-corrected chi connectivity index (χ2v) is 5.21. The van der Waals surface area contributed by atoms with Gasteiger partial charge in [0.2, 0.25) is 5.91 Å².